The van der Waals surface area contributed by atoms with Gasteiger partial charge in [0.15, 0.2) is 0 Å². The maximum atomic E-state index is 7.33. The number of aromatic nitrogens is 1. The van der Waals surface area contributed by atoms with Gasteiger partial charge in [0.1, 0.15) is 0 Å². The van der Waals surface area contributed by atoms with Crippen molar-refractivity contribution in [2.24, 2.45) is 5.73 Å². The van der Waals surface area contributed by atoms with Crippen molar-refractivity contribution in [3.8, 4) is 33.4 Å². The van der Waals surface area contributed by atoms with Crippen LogP contribution in [0.5, 0.6) is 0 Å². The van der Waals surface area contributed by atoms with Crippen LogP contribution in [0.25, 0.3) is 77.2 Å². The Morgan fingerprint density at radius 3 is 1.96 bits per heavy atom. The third-order valence-electron chi connectivity index (χ3n) is 10.2. The van der Waals surface area contributed by atoms with Gasteiger partial charge in [0.25, 0.3) is 0 Å². The number of thiophene rings is 1. The zero-order chi connectivity index (χ0) is 34.8. The molecule has 9 aromatic rings. The van der Waals surface area contributed by atoms with Gasteiger partial charge in [-0.3, -0.25) is 0 Å². The maximum absolute atomic E-state index is 7.33. The predicted molar refractivity (Wildman–Crippen MR) is 231 cm³/mol. The molecule has 2 N–H and O–H groups in total. The van der Waals surface area contributed by atoms with E-state index in [1.54, 1.807) is 11.3 Å². The number of halogens is 1. The first kappa shape index (κ1) is 31.3. The first-order valence-electron chi connectivity index (χ1n) is 17.8. The van der Waals surface area contributed by atoms with E-state index in [0.717, 1.165) is 22.3 Å². The second-order valence-electron chi connectivity index (χ2n) is 13.2. The Labute approximate surface area is 314 Å². The summed E-state index contributed by atoms with van der Waals surface area (Å²) in [5.74, 6) is 0.793. The Balaban J connectivity index is 1.14. The topological polar surface area (TPSA) is 30.9 Å². The summed E-state index contributed by atoms with van der Waals surface area (Å²) < 4.78 is 9.18. The predicted octanol–water partition coefficient (Wildman–Crippen LogP) is 11.5. The molecule has 0 bridgehead atoms. The van der Waals surface area contributed by atoms with Crippen molar-refractivity contribution >= 4 is 74.9 Å². The van der Waals surface area contributed by atoms with Crippen LogP contribution >= 0.6 is 31.2 Å². The summed E-state index contributed by atoms with van der Waals surface area (Å²) in [5, 5.41) is 5.07. The van der Waals surface area contributed by atoms with Crippen molar-refractivity contribution in [2.45, 2.75) is 13.3 Å². The summed E-state index contributed by atoms with van der Waals surface area (Å²) in [5.41, 5.74) is 17.4. The number of benzene rings is 7. The van der Waals surface area contributed by atoms with Gasteiger partial charge in [-0.1, -0.05) is 0 Å². The molecule has 250 valence electrons. The van der Waals surface area contributed by atoms with E-state index >= 15 is 0 Å². The van der Waals surface area contributed by atoms with E-state index in [1.807, 2.05) is 0 Å². The monoisotopic (exact) mass is 798 g/mol. The zero-order valence-corrected chi connectivity index (χ0v) is 31.7. The van der Waals surface area contributed by atoms with Crippen LogP contribution < -0.4 is 15.5 Å². The van der Waals surface area contributed by atoms with E-state index in [-0.39, 0.29) is 0 Å². The molecular formula is C48H35IN2S. The average molecular weight is 799 g/mol. The fraction of sp³-hybridized carbons (Fsp3) is 0.0417. The molecule has 0 amide bonds. The van der Waals surface area contributed by atoms with Crippen LogP contribution in [0.15, 0.2) is 164 Å². The minimum absolute atomic E-state index is 0.793. The molecule has 2 aromatic heterocycles. The number of nitrogens with two attached hydrogens (primary N) is 1. The van der Waals surface area contributed by atoms with Gasteiger partial charge in [-0.15, -0.1) is 0 Å². The Hall–Kier alpha value is -5.43. The van der Waals surface area contributed by atoms with Crippen LogP contribution in [0.1, 0.15) is 13.3 Å². The van der Waals surface area contributed by atoms with Crippen molar-refractivity contribution in [2.75, 3.05) is 0 Å². The molecular weight excluding hydrogens is 764 g/mol. The molecule has 7 aromatic carbocycles. The van der Waals surface area contributed by atoms with E-state index in [4.69, 9.17) is 5.73 Å². The fourth-order valence-electron chi connectivity index (χ4n) is 7.91. The summed E-state index contributed by atoms with van der Waals surface area (Å²) in [7, 11) is 0. The van der Waals surface area contributed by atoms with Crippen molar-refractivity contribution in [3.05, 3.63) is 184 Å². The van der Waals surface area contributed by atoms with E-state index in [0.29, 0.717) is 0 Å². The number of hydrogen-bond donors (Lipinski definition) is 1. The average Bonchev–Trinajstić information content (AvgIpc) is 3.86. The number of rotatable bonds is 5. The number of hydrogen-bond acceptors (Lipinski definition) is 2. The van der Waals surface area contributed by atoms with Gasteiger partial charge in [-0.2, -0.15) is 0 Å². The van der Waals surface area contributed by atoms with Gasteiger partial charge in [-0.05, 0) is 0 Å². The molecule has 1 aliphatic rings. The van der Waals surface area contributed by atoms with E-state index in [9.17, 15) is 0 Å². The van der Waals surface area contributed by atoms with Crippen LogP contribution in [0.2, 0.25) is 0 Å². The number of nitrogens with zero attached hydrogens (tertiary/aromatic N) is 1. The third kappa shape index (κ3) is 4.89. The van der Waals surface area contributed by atoms with Crippen molar-refractivity contribution < 1.29 is 0 Å². The first-order valence-corrected chi connectivity index (χ1v) is 21.8. The zero-order valence-electron chi connectivity index (χ0n) is 28.7. The van der Waals surface area contributed by atoms with Gasteiger partial charge < -0.3 is 0 Å². The van der Waals surface area contributed by atoms with E-state index in [1.165, 1.54) is 75.7 Å². The fourth-order valence-corrected chi connectivity index (χ4v) is 15.3. The molecule has 52 heavy (non-hydrogen) atoms. The Morgan fingerprint density at radius 2 is 1.21 bits per heavy atom. The van der Waals surface area contributed by atoms with Gasteiger partial charge in [0.05, 0.1) is 0 Å². The van der Waals surface area contributed by atoms with Crippen molar-refractivity contribution in [1.29, 1.82) is 0 Å². The van der Waals surface area contributed by atoms with Gasteiger partial charge in [-0.25, -0.2) is 0 Å². The summed E-state index contributed by atoms with van der Waals surface area (Å²) in [6, 6.07) is 60.4. The molecule has 0 unspecified atom stereocenters. The summed E-state index contributed by atoms with van der Waals surface area (Å²) in [6.07, 6.45) is 3.28. The van der Waals surface area contributed by atoms with Crippen molar-refractivity contribution in [1.82, 2.24) is 4.57 Å². The molecule has 0 saturated heterocycles. The number of fused-ring (bicyclic) bond motifs is 8. The van der Waals surface area contributed by atoms with Gasteiger partial charge >= 0.3 is 316 Å². The molecule has 0 spiro atoms. The van der Waals surface area contributed by atoms with Crippen LogP contribution in [0.3, 0.4) is 0 Å². The normalized spacial score (nSPS) is 13.9. The molecule has 0 atom stereocenters. The summed E-state index contributed by atoms with van der Waals surface area (Å²) in [4.78, 5) is 0. The van der Waals surface area contributed by atoms with Crippen molar-refractivity contribution in [3.63, 3.8) is 0 Å². The van der Waals surface area contributed by atoms with Crippen LogP contribution in [0.4, 0.5) is 0 Å². The Kier molecular flexibility index (Phi) is 7.62. The third-order valence-corrected chi connectivity index (χ3v) is 17.6. The summed E-state index contributed by atoms with van der Waals surface area (Å²) >= 11 is -0.200. The SMILES string of the molecule is CC/C=c1\c(=C(/N)n2c3ccccc3c3c4c(ccc32)I(c2ccc(-c3ccc(-c5ccccc5)cc3)cc2)c2ccccc2-4)sc2ccccc12. The van der Waals surface area contributed by atoms with Gasteiger partial charge in [0.2, 0.25) is 0 Å². The summed E-state index contributed by atoms with van der Waals surface area (Å²) in [6.45, 7) is 2.20. The molecule has 3 heterocycles. The Bertz CT molecular complexity index is 2940. The van der Waals surface area contributed by atoms with Crippen LogP contribution in [-0.2, 0) is 0 Å². The van der Waals surface area contributed by atoms with Crippen LogP contribution in [-0.4, -0.2) is 4.57 Å². The number of para-hydroxylation sites is 1. The second kappa shape index (κ2) is 12.7. The molecule has 0 fully saturated rings. The second-order valence-corrected chi connectivity index (χ2v) is 19.5. The molecule has 10 rings (SSSR count). The van der Waals surface area contributed by atoms with Gasteiger partial charge in [0, 0.05) is 0 Å². The van der Waals surface area contributed by atoms with Crippen LogP contribution in [0, 0.1) is 10.7 Å². The molecule has 4 heteroatoms. The molecule has 1 aliphatic heterocycles. The molecule has 0 radical (unpaired) electrons. The minimum atomic E-state index is -1.99. The standard InChI is InChI=1S/C48H35IN2S/c1-2-12-37-36-15-8-11-20-44(36)52-47(37)48(50)51-42-19-10-7-17-39(42)46-43(51)30-29-41-45(46)38-16-6-9-18-40(38)49(41)35-27-25-34(26-28-35)33-23-21-32(22-24-33)31-13-4-3-5-14-31/h3-30H,2,50H2,1H3/b37-12-,48-47-. The Morgan fingerprint density at radius 1 is 0.596 bits per heavy atom. The molecule has 0 aliphatic carbocycles. The quantitative estimate of drug-likeness (QED) is 0.173. The molecule has 0 saturated carbocycles. The van der Waals surface area contributed by atoms with E-state index in [2.05, 4.69) is 181 Å². The molecule has 2 nitrogen and oxygen atoms in total. The first-order chi connectivity index (χ1) is 25.7. The van der Waals surface area contributed by atoms with E-state index < -0.39 is 19.8 Å².